The van der Waals surface area contributed by atoms with E-state index in [9.17, 15) is 18.0 Å². The molecule has 1 aliphatic carbocycles. The second-order valence-corrected chi connectivity index (χ2v) is 14.6. The highest BCUT2D eigenvalue weighted by atomic mass is 35.5. The van der Waals surface area contributed by atoms with Gasteiger partial charge in [0.2, 0.25) is 11.8 Å². The number of halogens is 1. The number of rotatable bonds is 12. The summed E-state index contributed by atoms with van der Waals surface area (Å²) in [5.41, 5.74) is 4.48. The number of amides is 2. The molecular formula is C38H42ClN3O4S. The van der Waals surface area contributed by atoms with Crippen LogP contribution in [-0.4, -0.2) is 43.8 Å². The van der Waals surface area contributed by atoms with Crippen molar-refractivity contribution in [2.45, 2.75) is 76.4 Å². The van der Waals surface area contributed by atoms with E-state index in [2.05, 4.69) is 5.32 Å². The highest BCUT2D eigenvalue weighted by Gasteiger charge is 2.36. The number of hydrogen-bond donors (Lipinski definition) is 1. The van der Waals surface area contributed by atoms with Gasteiger partial charge in [-0.05, 0) is 80.1 Å². The topological polar surface area (TPSA) is 86.8 Å². The SMILES string of the molecule is Cc1ccc(S(=O)(=O)N(CC(=O)N(Cc2ccccc2C)[C@H](Cc2ccccc2)C(=O)NC2CCCC2)c2cccc(Cl)c2C)cc1. The number of carbonyl (C=O) groups excluding carboxylic acids is 2. The molecule has 1 N–H and O–H groups in total. The van der Waals surface area contributed by atoms with Gasteiger partial charge in [0, 0.05) is 24.0 Å². The second kappa shape index (κ2) is 15.2. The minimum Gasteiger partial charge on any atom is -0.352 e. The zero-order valence-corrected chi connectivity index (χ0v) is 28.7. The van der Waals surface area contributed by atoms with Crippen molar-refractivity contribution in [1.29, 1.82) is 0 Å². The standard InChI is InChI=1S/C38H42ClN3O4S/c1-27-20-22-33(23-21-27)47(45,46)42(35-19-11-18-34(39)29(35)3)26-37(43)41(25-31-15-8-7-12-28(31)2)36(24-30-13-5-4-6-14-30)38(44)40-32-16-9-10-17-32/h4-8,11-15,18-23,32,36H,9-10,16-17,24-26H2,1-3H3,(H,40,44)/t36-/m1/s1. The van der Waals surface area contributed by atoms with Crippen LogP contribution in [0.3, 0.4) is 0 Å². The zero-order chi connectivity index (χ0) is 33.6. The zero-order valence-electron chi connectivity index (χ0n) is 27.2. The number of carbonyl (C=O) groups is 2. The summed E-state index contributed by atoms with van der Waals surface area (Å²) in [5.74, 6) is -0.736. The number of hydrogen-bond acceptors (Lipinski definition) is 4. The molecule has 0 radical (unpaired) electrons. The van der Waals surface area contributed by atoms with Gasteiger partial charge in [0.05, 0.1) is 10.6 Å². The van der Waals surface area contributed by atoms with Crippen LogP contribution < -0.4 is 9.62 Å². The molecule has 1 fully saturated rings. The molecule has 246 valence electrons. The molecule has 1 saturated carbocycles. The van der Waals surface area contributed by atoms with E-state index in [1.54, 1.807) is 54.3 Å². The van der Waals surface area contributed by atoms with Crippen molar-refractivity contribution in [3.05, 3.63) is 130 Å². The number of anilines is 1. The van der Waals surface area contributed by atoms with Crippen molar-refractivity contribution in [3.8, 4) is 0 Å². The lowest BCUT2D eigenvalue weighted by atomic mass is 10.0. The van der Waals surface area contributed by atoms with E-state index in [0.29, 0.717) is 16.3 Å². The number of aryl methyl sites for hydroxylation is 2. The van der Waals surface area contributed by atoms with E-state index in [1.165, 1.54) is 0 Å². The highest BCUT2D eigenvalue weighted by molar-refractivity contribution is 7.92. The lowest BCUT2D eigenvalue weighted by Crippen LogP contribution is -2.54. The number of nitrogens with zero attached hydrogens (tertiary/aromatic N) is 2. The predicted molar refractivity (Wildman–Crippen MR) is 188 cm³/mol. The highest BCUT2D eigenvalue weighted by Crippen LogP contribution is 2.32. The second-order valence-electron chi connectivity index (χ2n) is 12.4. The van der Waals surface area contributed by atoms with Crippen LogP contribution in [0.15, 0.2) is 102 Å². The molecule has 0 spiro atoms. The first kappa shape index (κ1) is 34.2. The van der Waals surface area contributed by atoms with Crippen molar-refractivity contribution in [3.63, 3.8) is 0 Å². The Morgan fingerprint density at radius 3 is 2.19 bits per heavy atom. The van der Waals surface area contributed by atoms with Crippen molar-refractivity contribution in [1.82, 2.24) is 10.2 Å². The van der Waals surface area contributed by atoms with Crippen LogP contribution in [0.25, 0.3) is 0 Å². The summed E-state index contributed by atoms with van der Waals surface area (Å²) < 4.78 is 29.8. The Morgan fingerprint density at radius 1 is 0.851 bits per heavy atom. The Bertz CT molecular complexity index is 1810. The van der Waals surface area contributed by atoms with Gasteiger partial charge in [-0.2, -0.15) is 0 Å². The molecule has 9 heteroatoms. The summed E-state index contributed by atoms with van der Waals surface area (Å²) in [7, 11) is -4.22. The van der Waals surface area contributed by atoms with E-state index in [-0.39, 0.29) is 29.8 Å². The third-order valence-electron chi connectivity index (χ3n) is 8.97. The predicted octanol–water partition coefficient (Wildman–Crippen LogP) is 7.16. The Labute approximate surface area is 283 Å². The van der Waals surface area contributed by atoms with Gasteiger partial charge in [-0.1, -0.05) is 103 Å². The largest absolute Gasteiger partial charge is 0.352 e. The maximum Gasteiger partial charge on any atom is 0.264 e. The van der Waals surface area contributed by atoms with Crippen molar-refractivity contribution in [2.75, 3.05) is 10.8 Å². The molecule has 1 aliphatic rings. The van der Waals surface area contributed by atoms with Crippen LogP contribution in [0.4, 0.5) is 5.69 Å². The molecular weight excluding hydrogens is 630 g/mol. The van der Waals surface area contributed by atoms with Gasteiger partial charge in [0.25, 0.3) is 10.0 Å². The molecule has 7 nitrogen and oxygen atoms in total. The molecule has 0 unspecified atom stereocenters. The summed E-state index contributed by atoms with van der Waals surface area (Å²) in [5, 5.41) is 3.60. The number of nitrogens with one attached hydrogen (secondary N) is 1. The van der Waals surface area contributed by atoms with Crippen LogP contribution in [-0.2, 0) is 32.6 Å². The third-order valence-corrected chi connectivity index (χ3v) is 11.2. The number of benzene rings is 4. The summed E-state index contributed by atoms with van der Waals surface area (Å²) in [4.78, 5) is 30.5. The van der Waals surface area contributed by atoms with Gasteiger partial charge >= 0.3 is 0 Å². The lowest BCUT2D eigenvalue weighted by molar-refractivity contribution is -0.140. The fourth-order valence-electron chi connectivity index (χ4n) is 6.11. The van der Waals surface area contributed by atoms with Crippen LogP contribution >= 0.6 is 11.6 Å². The first-order chi connectivity index (χ1) is 22.5. The van der Waals surface area contributed by atoms with Crippen molar-refractivity contribution >= 4 is 39.1 Å². The average Bonchev–Trinajstić information content (AvgIpc) is 3.57. The third kappa shape index (κ3) is 8.24. The fraction of sp³-hybridized carbons (Fsp3) is 0.316. The molecule has 4 aromatic carbocycles. The first-order valence-electron chi connectivity index (χ1n) is 16.1. The molecule has 47 heavy (non-hydrogen) atoms. The smallest absolute Gasteiger partial charge is 0.264 e. The van der Waals surface area contributed by atoms with E-state index in [0.717, 1.165) is 52.2 Å². The maximum atomic E-state index is 14.8. The Kier molecular flexibility index (Phi) is 11.0. The van der Waals surface area contributed by atoms with Crippen LogP contribution in [0.1, 0.15) is 53.5 Å². The van der Waals surface area contributed by atoms with Gasteiger partial charge in [0.15, 0.2) is 0 Å². The van der Waals surface area contributed by atoms with Crippen LogP contribution in [0.5, 0.6) is 0 Å². The monoisotopic (exact) mass is 671 g/mol. The van der Waals surface area contributed by atoms with Crippen LogP contribution in [0.2, 0.25) is 5.02 Å². The lowest BCUT2D eigenvalue weighted by Gasteiger charge is -2.35. The Morgan fingerprint density at radius 2 is 1.51 bits per heavy atom. The molecule has 0 saturated heterocycles. The van der Waals surface area contributed by atoms with Gasteiger partial charge in [-0.3, -0.25) is 13.9 Å². The molecule has 0 bridgehead atoms. The average molecular weight is 672 g/mol. The van der Waals surface area contributed by atoms with E-state index in [1.807, 2.05) is 68.4 Å². The van der Waals surface area contributed by atoms with E-state index in [4.69, 9.17) is 11.6 Å². The molecule has 4 aromatic rings. The summed E-state index contributed by atoms with van der Waals surface area (Å²) in [6.07, 6.45) is 4.16. The summed E-state index contributed by atoms with van der Waals surface area (Å²) in [6.45, 7) is 5.19. The Hall–Kier alpha value is -4.14. The minimum absolute atomic E-state index is 0.0451. The van der Waals surface area contributed by atoms with E-state index >= 15 is 0 Å². The van der Waals surface area contributed by atoms with Gasteiger partial charge in [-0.25, -0.2) is 8.42 Å². The summed E-state index contributed by atoms with van der Waals surface area (Å²) in [6, 6.07) is 28.1. The van der Waals surface area contributed by atoms with Gasteiger partial charge in [0.1, 0.15) is 12.6 Å². The summed E-state index contributed by atoms with van der Waals surface area (Å²) >= 11 is 6.49. The quantitative estimate of drug-likeness (QED) is 0.173. The Balaban J connectivity index is 1.60. The van der Waals surface area contributed by atoms with Crippen molar-refractivity contribution in [2.24, 2.45) is 0 Å². The molecule has 1 atom stereocenters. The fourth-order valence-corrected chi connectivity index (χ4v) is 7.75. The van der Waals surface area contributed by atoms with Crippen molar-refractivity contribution < 1.29 is 18.0 Å². The van der Waals surface area contributed by atoms with Crippen LogP contribution in [0, 0.1) is 20.8 Å². The molecule has 2 amide bonds. The molecule has 5 rings (SSSR count). The molecule has 0 aliphatic heterocycles. The maximum absolute atomic E-state index is 14.8. The first-order valence-corrected chi connectivity index (χ1v) is 17.9. The normalized spacial score (nSPS) is 14.0. The number of sulfonamides is 1. The minimum atomic E-state index is -4.22. The van der Waals surface area contributed by atoms with Gasteiger partial charge < -0.3 is 10.2 Å². The molecule has 0 aromatic heterocycles. The van der Waals surface area contributed by atoms with Gasteiger partial charge in [-0.15, -0.1) is 0 Å². The van der Waals surface area contributed by atoms with E-state index < -0.39 is 28.5 Å². The molecule has 0 heterocycles.